The van der Waals surface area contributed by atoms with Crippen molar-refractivity contribution >= 4 is 23.3 Å². The van der Waals surface area contributed by atoms with Gasteiger partial charge in [-0.1, -0.05) is 10.6 Å². The Bertz CT molecular complexity index is 570. The van der Waals surface area contributed by atoms with Crippen LogP contribution in [-0.2, 0) is 4.79 Å². The Hall–Kier alpha value is -1.76. The Morgan fingerprint density at radius 2 is 2.27 bits per heavy atom. The molecule has 6 nitrogen and oxygen atoms in total. The molecule has 1 atom stereocenters. The highest BCUT2D eigenvalue weighted by Crippen LogP contribution is 2.37. The van der Waals surface area contributed by atoms with Gasteiger partial charge in [0.2, 0.25) is 5.91 Å². The smallest absolute Gasteiger partial charge is 0.275 e. The van der Waals surface area contributed by atoms with Gasteiger partial charge in [0.1, 0.15) is 0 Å². The van der Waals surface area contributed by atoms with Crippen molar-refractivity contribution < 1.29 is 9.59 Å². The molecule has 0 aliphatic carbocycles. The van der Waals surface area contributed by atoms with Crippen molar-refractivity contribution in [1.29, 1.82) is 0 Å². The SMILES string of the molecule is C=CCN1C(=O)CCCC12CCCN(C(=O)c1csnn1)C2. The number of aromatic nitrogens is 2. The van der Waals surface area contributed by atoms with E-state index >= 15 is 0 Å². The number of piperidine rings is 2. The zero-order valence-electron chi connectivity index (χ0n) is 12.5. The van der Waals surface area contributed by atoms with Gasteiger partial charge in [0.05, 0.1) is 5.54 Å². The van der Waals surface area contributed by atoms with E-state index in [-0.39, 0.29) is 17.4 Å². The molecule has 2 amide bonds. The molecule has 2 saturated heterocycles. The molecule has 2 aliphatic rings. The van der Waals surface area contributed by atoms with Crippen LogP contribution in [0.25, 0.3) is 0 Å². The Labute approximate surface area is 134 Å². The summed E-state index contributed by atoms with van der Waals surface area (Å²) < 4.78 is 3.76. The first-order valence-corrected chi connectivity index (χ1v) is 8.48. The third-order valence-corrected chi connectivity index (χ3v) is 5.14. The van der Waals surface area contributed by atoms with Crippen LogP contribution in [0.15, 0.2) is 18.0 Å². The maximum absolute atomic E-state index is 12.5. The molecular formula is C15H20N4O2S. The predicted octanol–water partition coefficient (Wildman–Crippen LogP) is 1.71. The van der Waals surface area contributed by atoms with Crippen molar-refractivity contribution in [2.24, 2.45) is 0 Å². The molecular weight excluding hydrogens is 300 g/mol. The maximum Gasteiger partial charge on any atom is 0.275 e. The fourth-order valence-electron chi connectivity index (χ4n) is 3.66. The molecule has 7 heteroatoms. The van der Waals surface area contributed by atoms with E-state index in [0.29, 0.717) is 31.7 Å². The number of carbonyl (C=O) groups excluding carboxylic acids is 2. The van der Waals surface area contributed by atoms with E-state index < -0.39 is 0 Å². The molecule has 0 N–H and O–H groups in total. The lowest BCUT2D eigenvalue weighted by Gasteiger charge is -2.51. The Kier molecular flexibility index (Phi) is 4.24. The van der Waals surface area contributed by atoms with Crippen LogP contribution in [0.4, 0.5) is 0 Å². The lowest BCUT2D eigenvalue weighted by atomic mass is 9.79. The summed E-state index contributed by atoms with van der Waals surface area (Å²) in [6, 6.07) is 0. The third-order valence-electron chi connectivity index (χ3n) is 4.64. The van der Waals surface area contributed by atoms with Gasteiger partial charge >= 0.3 is 0 Å². The van der Waals surface area contributed by atoms with Crippen molar-refractivity contribution in [3.05, 3.63) is 23.7 Å². The fraction of sp³-hybridized carbons (Fsp3) is 0.600. The summed E-state index contributed by atoms with van der Waals surface area (Å²) in [5.74, 6) is 0.0974. The van der Waals surface area contributed by atoms with Gasteiger partial charge in [-0.05, 0) is 37.2 Å². The molecule has 0 saturated carbocycles. The van der Waals surface area contributed by atoms with Crippen molar-refractivity contribution in [3.63, 3.8) is 0 Å². The van der Waals surface area contributed by atoms with Crippen LogP contribution in [0.3, 0.4) is 0 Å². The molecule has 22 heavy (non-hydrogen) atoms. The second-order valence-electron chi connectivity index (χ2n) is 5.99. The van der Waals surface area contributed by atoms with Crippen LogP contribution in [0, 0.1) is 0 Å². The first-order chi connectivity index (χ1) is 10.7. The predicted molar refractivity (Wildman–Crippen MR) is 83.5 cm³/mol. The number of carbonyl (C=O) groups is 2. The highest BCUT2D eigenvalue weighted by atomic mass is 32.1. The molecule has 2 aliphatic heterocycles. The number of amides is 2. The Morgan fingerprint density at radius 1 is 1.45 bits per heavy atom. The van der Waals surface area contributed by atoms with Gasteiger partial charge in [-0.3, -0.25) is 9.59 Å². The Balaban J connectivity index is 1.82. The zero-order valence-corrected chi connectivity index (χ0v) is 13.3. The lowest BCUT2D eigenvalue weighted by molar-refractivity contribution is -0.143. The number of likely N-dealkylation sites (tertiary alicyclic amines) is 2. The van der Waals surface area contributed by atoms with Crippen molar-refractivity contribution in [3.8, 4) is 0 Å². The molecule has 0 radical (unpaired) electrons. The average molecular weight is 320 g/mol. The van der Waals surface area contributed by atoms with E-state index in [0.717, 1.165) is 25.7 Å². The lowest BCUT2D eigenvalue weighted by Crippen LogP contribution is -2.63. The summed E-state index contributed by atoms with van der Waals surface area (Å²) in [5.41, 5.74) is 0.167. The van der Waals surface area contributed by atoms with Crippen LogP contribution in [0.1, 0.15) is 42.6 Å². The quantitative estimate of drug-likeness (QED) is 0.795. The summed E-state index contributed by atoms with van der Waals surface area (Å²) >= 11 is 1.18. The van der Waals surface area contributed by atoms with Gasteiger partial charge in [-0.15, -0.1) is 11.7 Å². The summed E-state index contributed by atoms with van der Waals surface area (Å²) in [4.78, 5) is 28.6. The van der Waals surface area contributed by atoms with E-state index in [1.807, 2.05) is 9.80 Å². The van der Waals surface area contributed by atoms with E-state index in [1.54, 1.807) is 11.5 Å². The first-order valence-electron chi connectivity index (χ1n) is 7.64. The van der Waals surface area contributed by atoms with Gasteiger partial charge < -0.3 is 9.80 Å². The fourth-order valence-corrected chi connectivity index (χ4v) is 4.09. The minimum absolute atomic E-state index is 0.0793. The van der Waals surface area contributed by atoms with Gasteiger partial charge in [-0.2, -0.15) is 0 Å². The third kappa shape index (κ3) is 2.65. The minimum Gasteiger partial charge on any atom is -0.335 e. The molecule has 3 rings (SSSR count). The average Bonchev–Trinajstić information content (AvgIpc) is 3.05. The van der Waals surface area contributed by atoms with E-state index in [4.69, 9.17) is 0 Å². The van der Waals surface area contributed by atoms with E-state index in [9.17, 15) is 9.59 Å². The molecule has 1 aromatic rings. The maximum atomic E-state index is 12.5. The molecule has 3 heterocycles. The molecule has 1 aromatic heterocycles. The minimum atomic E-state index is -0.235. The van der Waals surface area contributed by atoms with Crippen LogP contribution in [0.2, 0.25) is 0 Å². The van der Waals surface area contributed by atoms with Crippen molar-refractivity contribution in [2.45, 2.75) is 37.6 Å². The topological polar surface area (TPSA) is 66.4 Å². The van der Waals surface area contributed by atoms with Crippen LogP contribution >= 0.6 is 11.5 Å². The summed E-state index contributed by atoms with van der Waals surface area (Å²) in [6.45, 7) is 5.63. The second kappa shape index (κ2) is 6.16. The number of hydrogen-bond acceptors (Lipinski definition) is 5. The summed E-state index contributed by atoms with van der Waals surface area (Å²) in [6.07, 6.45) is 6.07. The normalized spacial score (nSPS) is 25.5. The zero-order chi connectivity index (χ0) is 15.6. The highest BCUT2D eigenvalue weighted by molar-refractivity contribution is 7.03. The number of nitrogens with zero attached hydrogens (tertiary/aromatic N) is 4. The molecule has 1 spiro atoms. The highest BCUT2D eigenvalue weighted by Gasteiger charge is 2.45. The monoisotopic (exact) mass is 320 g/mol. The molecule has 1 unspecified atom stereocenters. The summed E-state index contributed by atoms with van der Waals surface area (Å²) in [5, 5.41) is 5.55. The molecule has 118 valence electrons. The van der Waals surface area contributed by atoms with Gasteiger partial charge in [0.25, 0.3) is 5.91 Å². The number of rotatable bonds is 3. The Morgan fingerprint density at radius 3 is 3.00 bits per heavy atom. The van der Waals surface area contributed by atoms with Crippen LogP contribution in [0.5, 0.6) is 0 Å². The van der Waals surface area contributed by atoms with Crippen LogP contribution in [-0.4, -0.2) is 56.4 Å². The largest absolute Gasteiger partial charge is 0.335 e. The van der Waals surface area contributed by atoms with E-state index in [1.165, 1.54) is 11.5 Å². The van der Waals surface area contributed by atoms with Gasteiger partial charge in [0, 0.05) is 31.4 Å². The van der Waals surface area contributed by atoms with Crippen LogP contribution < -0.4 is 0 Å². The van der Waals surface area contributed by atoms with Gasteiger partial charge in [-0.25, -0.2) is 0 Å². The summed E-state index contributed by atoms with van der Waals surface area (Å²) in [7, 11) is 0. The number of hydrogen-bond donors (Lipinski definition) is 0. The van der Waals surface area contributed by atoms with Gasteiger partial charge in [0.15, 0.2) is 5.69 Å². The molecule has 2 fully saturated rings. The standard InChI is InChI=1S/C15H20N4O2S/c1-2-8-19-13(20)5-3-6-15(19)7-4-9-18(11-15)14(21)12-10-22-17-16-12/h2,10H,1,3-9,11H2. The molecule has 0 bridgehead atoms. The first kappa shape index (κ1) is 15.1. The second-order valence-corrected chi connectivity index (χ2v) is 6.60. The van der Waals surface area contributed by atoms with E-state index in [2.05, 4.69) is 16.2 Å². The molecule has 0 aromatic carbocycles. The van der Waals surface area contributed by atoms with Crippen molar-refractivity contribution in [2.75, 3.05) is 19.6 Å². The van der Waals surface area contributed by atoms with Crippen molar-refractivity contribution in [1.82, 2.24) is 19.4 Å².